The van der Waals surface area contributed by atoms with Gasteiger partial charge in [-0.25, -0.2) is 13.1 Å². The molecule has 0 spiro atoms. The van der Waals surface area contributed by atoms with E-state index in [-0.39, 0.29) is 16.8 Å². The summed E-state index contributed by atoms with van der Waals surface area (Å²) in [5.74, 6) is -0.0266. The number of hydrogen-bond acceptors (Lipinski definition) is 3. The molecule has 0 saturated carbocycles. The van der Waals surface area contributed by atoms with Gasteiger partial charge in [-0.2, -0.15) is 0 Å². The molecule has 27 heavy (non-hydrogen) atoms. The second kappa shape index (κ2) is 7.09. The summed E-state index contributed by atoms with van der Waals surface area (Å²) < 4.78 is 28.6. The number of benzene rings is 2. The van der Waals surface area contributed by atoms with E-state index in [0.717, 1.165) is 27.9 Å². The van der Waals surface area contributed by atoms with E-state index in [4.69, 9.17) is 0 Å². The van der Waals surface area contributed by atoms with E-state index >= 15 is 0 Å². The lowest BCUT2D eigenvalue weighted by Crippen LogP contribution is -2.28. The number of nitrogens with one attached hydrogen (secondary N) is 1. The Morgan fingerprint density at radius 3 is 2.41 bits per heavy atom. The molecule has 1 amide bonds. The van der Waals surface area contributed by atoms with E-state index in [1.54, 1.807) is 23.1 Å². The maximum absolute atomic E-state index is 12.9. The summed E-state index contributed by atoms with van der Waals surface area (Å²) in [6.07, 6.45) is 0.671. The zero-order chi connectivity index (χ0) is 19.9. The zero-order valence-corrected chi connectivity index (χ0v) is 17.3. The van der Waals surface area contributed by atoms with Crippen molar-refractivity contribution in [1.82, 2.24) is 4.72 Å². The largest absolute Gasteiger partial charge is 0.312 e. The van der Waals surface area contributed by atoms with E-state index < -0.39 is 10.0 Å². The summed E-state index contributed by atoms with van der Waals surface area (Å²) in [5, 5.41) is 0. The third-order valence-electron chi connectivity index (χ3n) is 5.32. The first kappa shape index (κ1) is 19.6. The van der Waals surface area contributed by atoms with Gasteiger partial charge < -0.3 is 4.90 Å². The molecule has 1 heterocycles. The van der Waals surface area contributed by atoms with Gasteiger partial charge in [0.25, 0.3) is 0 Å². The number of carbonyl (C=O) groups excluding carboxylic acids is 1. The molecule has 1 aliphatic rings. The summed E-state index contributed by atoms with van der Waals surface area (Å²) >= 11 is 0. The predicted octanol–water partition coefficient (Wildman–Crippen LogP) is 3.56. The highest BCUT2D eigenvalue weighted by Gasteiger charge is 2.26. The van der Waals surface area contributed by atoms with Crippen LogP contribution in [0.1, 0.15) is 47.7 Å². The minimum Gasteiger partial charge on any atom is -0.312 e. The molecule has 2 aromatic rings. The van der Waals surface area contributed by atoms with Crippen molar-refractivity contribution in [2.45, 2.75) is 52.0 Å². The number of rotatable bonds is 4. The van der Waals surface area contributed by atoms with Crippen LogP contribution in [0.2, 0.25) is 0 Å². The quantitative estimate of drug-likeness (QED) is 0.874. The van der Waals surface area contributed by atoms with Crippen molar-refractivity contribution >= 4 is 21.6 Å². The Balaban J connectivity index is 1.88. The molecule has 5 nitrogen and oxygen atoms in total. The van der Waals surface area contributed by atoms with Crippen LogP contribution in [0.5, 0.6) is 0 Å². The van der Waals surface area contributed by atoms with Crippen LogP contribution in [0, 0.1) is 20.8 Å². The van der Waals surface area contributed by atoms with E-state index in [2.05, 4.69) is 17.7 Å². The van der Waals surface area contributed by atoms with Crippen LogP contribution in [0.15, 0.2) is 35.2 Å². The van der Waals surface area contributed by atoms with Gasteiger partial charge in [-0.1, -0.05) is 12.1 Å². The Labute approximate surface area is 161 Å². The molecule has 0 radical (unpaired) electrons. The van der Waals surface area contributed by atoms with Crippen LogP contribution in [0.3, 0.4) is 0 Å². The van der Waals surface area contributed by atoms with Gasteiger partial charge in [-0.15, -0.1) is 0 Å². The molecule has 0 aromatic heterocycles. The van der Waals surface area contributed by atoms with Gasteiger partial charge in [-0.05, 0) is 80.1 Å². The average molecular weight is 387 g/mol. The van der Waals surface area contributed by atoms with Gasteiger partial charge in [0.15, 0.2) is 0 Å². The number of aryl methyl sites for hydroxylation is 3. The van der Waals surface area contributed by atoms with E-state index in [9.17, 15) is 13.2 Å². The highest BCUT2D eigenvalue weighted by atomic mass is 32.2. The molecular weight excluding hydrogens is 360 g/mol. The first-order valence-electron chi connectivity index (χ1n) is 9.11. The van der Waals surface area contributed by atoms with Crippen molar-refractivity contribution < 1.29 is 13.2 Å². The lowest BCUT2D eigenvalue weighted by molar-refractivity contribution is -0.116. The van der Waals surface area contributed by atoms with Gasteiger partial charge >= 0.3 is 0 Å². The number of amides is 1. The van der Waals surface area contributed by atoms with Gasteiger partial charge in [0.1, 0.15) is 0 Å². The van der Waals surface area contributed by atoms with Crippen molar-refractivity contribution in [3.8, 4) is 0 Å². The van der Waals surface area contributed by atoms with Gasteiger partial charge in [0.2, 0.25) is 15.9 Å². The minimum atomic E-state index is -3.66. The van der Waals surface area contributed by atoms with Crippen molar-refractivity contribution in [2.24, 2.45) is 0 Å². The summed E-state index contributed by atoms with van der Waals surface area (Å²) in [6, 6.07) is 8.77. The number of sulfonamides is 1. The highest BCUT2D eigenvalue weighted by molar-refractivity contribution is 7.89. The van der Waals surface area contributed by atoms with Crippen molar-refractivity contribution in [2.75, 3.05) is 11.4 Å². The second-order valence-electron chi connectivity index (χ2n) is 7.35. The maximum Gasteiger partial charge on any atom is 0.241 e. The molecule has 1 N–H and O–H groups in total. The number of anilines is 1. The van der Waals surface area contributed by atoms with E-state index in [1.807, 2.05) is 26.8 Å². The van der Waals surface area contributed by atoms with E-state index in [1.165, 1.54) is 12.5 Å². The lowest BCUT2D eigenvalue weighted by Gasteiger charge is -2.19. The van der Waals surface area contributed by atoms with Gasteiger partial charge in [0.05, 0.1) is 4.90 Å². The van der Waals surface area contributed by atoms with Crippen LogP contribution in [0.25, 0.3) is 0 Å². The fourth-order valence-corrected chi connectivity index (χ4v) is 4.96. The summed E-state index contributed by atoms with van der Waals surface area (Å²) in [4.78, 5) is 13.6. The molecule has 3 rings (SSSR count). The fraction of sp³-hybridized carbons (Fsp3) is 0.381. The molecule has 6 heteroatoms. The third kappa shape index (κ3) is 3.77. The Morgan fingerprint density at radius 2 is 1.74 bits per heavy atom. The van der Waals surface area contributed by atoms with Crippen molar-refractivity contribution in [3.63, 3.8) is 0 Å². The highest BCUT2D eigenvalue weighted by Crippen LogP contribution is 2.31. The van der Waals surface area contributed by atoms with Crippen molar-refractivity contribution in [1.29, 1.82) is 0 Å². The monoisotopic (exact) mass is 386 g/mol. The van der Waals surface area contributed by atoms with Crippen LogP contribution >= 0.6 is 0 Å². The molecule has 1 unspecified atom stereocenters. The first-order chi connectivity index (χ1) is 12.6. The number of fused-ring (bicyclic) bond motifs is 1. The molecule has 0 fully saturated rings. The summed E-state index contributed by atoms with van der Waals surface area (Å²) in [6.45, 7) is 10.1. The zero-order valence-electron chi connectivity index (χ0n) is 16.5. The molecule has 144 valence electrons. The fourth-order valence-electron chi connectivity index (χ4n) is 3.69. The molecule has 0 bridgehead atoms. The number of hydrogen-bond donors (Lipinski definition) is 1. The molecule has 0 aliphatic carbocycles. The molecule has 1 aliphatic heterocycles. The van der Waals surface area contributed by atoms with Crippen LogP contribution in [-0.2, 0) is 21.2 Å². The van der Waals surface area contributed by atoms with Gasteiger partial charge in [-0.3, -0.25) is 4.79 Å². The van der Waals surface area contributed by atoms with Crippen LogP contribution in [-0.4, -0.2) is 20.9 Å². The smallest absolute Gasteiger partial charge is 0.241 e. The Kier molecular flexibility index (Phi) is 5.14. The molecule has 2 aromatic carbocycles. The Bertz CT molecular complexity index is 1010. The predicted molar refractivity (Wildman–Crippen MR) is 108 cm³/mol. The van der Waals surface area contributed by atoms with E-state index in [0.29, 0.717) is 13.0 Å². The normalized spacial score (nSPS) is 14.9. The standard InChI is InChI=1S/C21H26N2O3S/c1-13-10-15(3)20(11-14(13)2)16(4)22-27(25,26)19-6-7-21-18(12-19)8-9-23(21)17(5)24/h6-7,10-12,16,22H,8-9H2,1-5H3. The second-order valence-corrected chi connectivity index (χ2v) is 9.06. The summed E-state index contributed by atoms with van der Waals surface area (Å²) in [7, 11) is -3.66. The SMILES string of the molecule is CC(=O)N1CCc2cc(S(=O)(=O)NC(C)c3cc(C)c(C)cc3C)ccc21. The maximum atomic E-state index is 12.9. The molecule has 1 atom stereocenters. The third-order valence-corrected chi connectivity index (χ3v) is 6.86. The molecular formula is C21H26N2O3S. The first-order valence-corrected chi connectivity index (χ1v) is 10.6. The van der Waals surface area contributed by atoms with Crippen LogP contribution < -0.4 is 9.62 Å². The van der Waals surface area contributed by atoms with Gasteiger partial charge in [0, 0.05) is 25.2 Å². The lowest BCUT2D eigenvalue weighted by atomic mass is 9.97. The topological polar surface area (TPSA) is 66.5 Å². The average Bonchev–Trinajstić information content (AvgIpc) is 3.01. The minimum absolute atomic E-state index is 0.0266. The Hall–Kier alpha value is -2.18. The Morgan fingerprint density at radius 1 is 1.07 bits per heavy atom. The molecule has 0 saturated heterocycles. The summed E-state index contributed by atoms with van der Waals surface area (Å²) in [5.41, 5.74) is 6.08. The number of carbonyl (C=O) groups is 1. The van der Waals surface area contributed by atoms with Crippen LogP contribution in [0.4, 0.5) is 5.69 Å². The van der Waals surface area contributed by atoms with Crippen molar-refractivity contribution in [3.05, 3.63) is 58.1 Å². The number of nitrogens with zero attached hydrogens (tertiary/aromatic N) is 1.